The highest BCUT2D eigenvalue weighted by molar-refractivity contribution is 6.00. The van der Waals surface area contributed by atoms with Crippen LogP contribution in [-0.4, -0.2) is 57.8 Å². The number of nitrogens with zero attached hydrogens (tertiary/aromatic N) is 4. The molecule has 1 aromatic carbocycles. The van der Waals surface area contributed by atoms with Crippen molar-refractivity contribution < 1.29 is 23.0 Å². The Labute approximate surface area is 172 Å². The molecule has 158 valence electrons. The molecule has 4 rings (SSSR count). The number of carbonyl (C=O) groups excluding carboxylic acids is 1. The number of alkyl halides is 2. The molecule has 2 atom stereocenters. The summed E-state index contributed by atoms with van der Waals surface area (Å²) in [5.74, 6) is 0.344. The van der Waals surface area contributed by atoms with Gasteiger partial charge in [-0.3, -0.25) is 4.79 Å². The van der Waals surface area contributed by atoms with Crippen molar-refractivity contribution in [3.63, 3.8) is 0 Å². The van der Waals surface area contributed by atoms with E-state index >= 15 is 0 Å². The molecule has 1 aliphatic rings. The molecule has 9 heteroatoms. The zero-order valence-corrected chi connectivity index (χ0v) is 16.9. The lowest BCUT2D eigenvalue weighted by atomic mass is 10.1. The second-order valence-corrected chi connectivity index (χ2v) is 7.36. The zero-order chi connectivity index (χ0) is 21.4. The highest BCUT2D eigenvalue weighted by Gasteiger charge is 2.29. The number of halogens is 2. The van der Waals surface area contributed by atoms with Crippen LogP contribution in [0.4, 0.5) is 8.78 Å². The van der Waals surface area contributed by atoms with Crippen molar-refractivity contribution in [2.45, 2.75) is 32.5 Å². The third kappa shape index (κ3) is 3.72. The molecule has 3 heterocycles. The van der Waals surface area contributed by atoms with Gasteiger partial charge in [0.15, 0.2) is 5.65 Å². The molecule has 0 aliphatic carbocycles. The average Bonchev–Trinajstić information content (AvgIpc) is 3.15. The number of benzene rings is 1. The minimum Gasteiger partial charge on any atom is -0.497 e. The normalized spacial score (nSPS) is 19.5. The quantitative estimate of drug-likeness (QED) is 0.650. The Morgan fingerprint density at radius 2 is 1.87 bits per heavy atom. The van der Waals surface area contributed by atoms with Crippen LogP contribution in [0.15, 0.2) is 36.5 Å². The molecule has 0 unspecified atom stereocenters. The van der Waals surface area contributed by atoms with Crippen LogP contribution >= 0.6 is 0 Å². The van der Waals surface area contributed by atoms with E-state index < -0.39 is 6.43 Å². The third-order valence-corrected chi connectivity index (χ3v) is 5.05. The molecular weight excluding hydrogens is 394 g/mol. The Morgan fingerprint density at radius 1 is 1.20 bits per heavy atom. The van der Waals surface area contributed by atoms with Gasteiger partial charge in [0.05, 0.1) is 31.2 Å². The molecule has 0 radical (unpaired) electrons. The van der Waals surface area contributed by atoms with Gasteiger partial charge in [-0.15, -0.1) is 0 Å². The van der Waals surface area contributed by atoms with E-state index in [2.05, 4.69) is 10.1 Å². The highest BCUT2D eigenvalue weighted by atomic mass is 19.3. The fraction of sp³-hybridized carbons (Fsp3) is 0.381. The van der Waals surface area contributed by atoms with Gasteiger partial charge in [-0.05, 0) is 44.2 Å². The van der Waals surface area contributed by atoms with Crippen LogP contribution in [0.5, 0.6) is 5.75 Å². The van der Waals surface area contributed by atoms with E-state index in [-0.39, 0.29) is 35.0 Å². The van der Waals surface area contributed by atoms with E-state index in [4.69, 9.17) is 9.47 Å². The minimum absolute atomic E-state index is 0.107. The molecule has 7 nitrogen and oxygen atoms in total. The summed E-state index contributed by atoms with van der Waals surface area (Å²) in [6.45, 7) is 4.61. The first-order valence-electron chi connectivity index (χ1n) is 9.63. The van der Waals surface area contributed by atoms with Crippen LogP contribution in [0.3, 0.4) is 0 Å². The van der Waals surface area contributed by atoms with Crippen molar-refractivity contribution in [1.82, 2.24) is 19.5 Å². The zero-order valence-electron chi connectivity index (χ0n) is 16.9. The van der Waals surface area contributed by atoms with Crippen LogP contribution in [0.25, 0.3) is 16.9 Å². The van der Waals surface area contributed by atoms with Gasteiger partial charge < -0.3 is 14.4 Å². The average molecular weight is 416 g/mol. The largest absolute Gasteiger partial charge is 0.497 e. The smallest absolute Gasteiger partial charge is 0.280 e. The standard InChI is InChI=1S/C21H22F2N4O3/c1-12-10-26(11-13(2)30-12)21(28)16-9-24-27-18(19(22)23)8-17(25-20(16)27)14-4-6-15(29-3)7-5-14/h4-9,12-13,19H,10-11H2,1-3H3/t12-,13-/m0/s1. The Balaban J connectivity index is 1.79. The SMILES string of the molecule is COc1ccc(-c2cc(C(F)F)n3ncc(C(=O)N4C[C@H](C)O[C@@H](C)C4)c3n2)cc1. The maximum absolute atomic E-state index is 13.8. The lowest BCUT2D eigenvalue weighted by Crippen LogP contribution is -2.48. The van der Waals surface area contributed by atoms with E-state index in [1.807, 2.05) is 13.8 Å². The molecule has 1 saturated heterocycles. The molecule has 3 aromatic rings. The lowest BCUT2D eigenvalue weighted by Gasteiger charge is -2.35. The Morgan fingerprint density at radius 3 is 2.47 bits per heavy atom. The van der Waals surface area contributed by atoms with Gasteiger partial charge in [0.2, 0.25) is 0 Å². The van der Waals surface area contributed by atoms with Gasteiger partial charge in [0, 0.05) is 18.7 Å². The molecule has 0 saturated carbocycles. The Hall–Kier alpha value is -3.07. The van der Waals surface area contributed by atoms with Gasteiger partial charge >= 0.3 is 0 Å². The predicted molar refractivity (Wildman–Crippen MR) is 106 cm³/mol. The van der Waals surface area contributed by atoms with Crippen LogP contribution in [0.2, 0.25) is 0 Å². The van der Waals surface area contributed by atoms with E-state index in [9.17, 15) is 13.6 Å². The first-order chi connectivity index (χ1) is 14.4. The summed E-state index contributed by atoms with van der Waals surface area (Å²) in [5, 5.41) is 4.03. The lowest BCUT2D eigenvalue weighted by molar-refractivity contribution is -0.0585. The fourth-order valence-corrected chi connectivity index (χ4v) is 3.72. The monoisotopic (exact) mass is 416 g/mol. The van der Waals surface area contributed by atoms with Crippen LogP contribution in [0, 0.1) is 0 Å². The predicted octanol–water partition coefficient (Wildman–Crippen LogP) is 3.59. The molecular formula is C21H22F2N4O3. The van der Waals surface area contributed by atoms with E-state index in [1.165, 1.54) is 12.3 Å². The third-order valence-electron chi connectivity index (χ3n) is 5.05. The van der Waals surface area contributed by atoms with Gasteiger partial charge in [-0.2, -0.15) is 5.10 Å². The van der Waals surface area contributed by atoms with Crippen LogP contribution < -0.4 is 4.74 Å². The Kier molecular flexibility index (Phi) is 5.38. The summed E-state index contributed by atoms with van der Waals surface area (Å²) < 4.78 is 39.4. The minimum atomic E-state index is -2.78. The highest BCUT2D eigenvalue weighted by Crippen LogP contribution is 2.28. The van der Waals surface area contributed by atoms with E-state index in [0.717, 1.165) is 4.52 Å². The van der Waals surface area contributed by atoms with Crippen LogP contribution in [-0.2, 0) is 4.74 Å². The number of rotatable bonds is 4. The van der Waals surface area contributed by atoms with Gasteiger partial charge in [0.25, 0.3) is 12.3 Å². The molecule has 0 bridgehead atoms. The van der Waals surface area contributed by atoms with Crippen molar-refractivity contribution in [3.8, 4) is 17.0 Å². The molecule has 30 heavy (non-hydrogen) atoms. The van der Waals surface area contributed by atoms with E-state index in [1.54, 1.807) is 36.3 Å². The first kappa shape index (κ1) is 20.2. The number of carbonyl (C=O) groups is 1. The fourth-order valence-electron chi connectivity index (χ4n) is 3.72. The van der Waals surface area contributed by atoms with Crippen molar-refractivity contribution in [2.24, 2.45) is 0 Å². The molecule has 1 amide bonds. The number of ether oxygens (including phenoxy) is 2. The number of morpholine rings is 1. The topological polar surface area (TPSA) is 69.0 Å². The molecule has 1 aliphatic heterocycles. The van der Waals surface area contributed by atoms with Crippen molar-refractivity contribution >= 4 is 11.6 Å². The summed E-state index contributed by atoms with van der Waals surface area (Å²) in [6, 6.07) is 8.20. The van der Waals surface area contributed by atoms with Crippen LogP contribution in [0.1, 0.15) is 36.3 Å². The van der Waals surface area contributed by atoms with Crippen molar-refractivity contribution in [1.29, 1.82) is 0 Å². The summed E-state index contributed by atoms with van der Waals surface area (Å²) in [7, 11) is 1.55. The number of aromatic nitrogens is 3. The van der Waals surface area contributed by atoms with Crippen molar-refractivity contribution in [2.75, 3.05) is 20.2 Å². The van der Waals surface area contributed by atoms with Gasteiger partial charge in [-0.1, -0.05) is 0 Å². The number of fused-ring (bicyclic) bond motifs is 1. The van der Waals surface area contributed by atoms with Gasteiger partial charge in [-0.25, -0.2) is 18.3 Å². The number of methoxy groups -OCH3 is 1. The Bertz CT molecular complexity index is 1060. The first-order valence-corrected chi connectivity index (χ1v) is 9.63. The number of hydrogen-bond acceptors (Lipinski definition) is 5. The van der Waals surface area contributed by atoms with Gasteiger partial charge in [0.1, 0.15) is 17.0 Å². The molecule has 1 fully saturated rings. The molecule has 2 aromatic heterocycles. The van der Waals surface area contributed by atoms with Crippen molar-refractivity contribution in [3.05, 3.63) is 47.8 Å². The number of hydrogen-bond donors (Lipinski definition) is 0. The molecule has 0 spiro atoms. The summed E-state index contributed by atoms with van der Waals surface area (Å²) >= 11 is 0. The maximum atomic E-state index is 13.8. The second-order valence-electron chi connectivity index (χ2n) is 7.36. The van der Waals surface area contributed by atoms with E-state index in [0.29, 0.717) is 30.1 Å². The maximum Gasteiger partial charge on any atom is 0.280 e. The second kappa shape index (κ2) is 7.98. The summed E-state index contributed by atoms with van der Waals surface area (Å²) in [6.07, 6.45) is -1.70. The number of amides is 1. The summed E-state index contributed by atoms with van der Waals surface area (Å²) in [5.41, 5.74) is 0.935. The molecule has 0 N–H and O–H groups in total. The summed E-state index contributed by atoms with van der Waals surface area (Å²) in [4.78, 5) is 19.3.